The number of nitrogens with zero attached hydrogens (tertiary/aromatic N) is 2. The van der Waals surface area contributed by atoms with Crippen LogP contribution in [0.3, 0.4) is 0 Å². The first-order valence-corrected chi connectivity index (χ1v) is 8.73. The predicted molar refractivity (Wildman–Crippen MR) is 97.0 cm³/mol. The van der Waals surface area contributed by atoms with Gasteiger partial charge in [-0.15, -0.1) is 0 Å². The van der Waals surface area contributed by atoms with Crippen molar-refractivity contribution in [2.75, 3.05) is 40.8 Å². The second-order valence-corrected chi connectivity index (χ2v) is 7.05. The molecule has 0 spiro atoms. The average Bonchev–Trinajstić information content (AvgIpc) is 3.07. The molecule has 4 N–H and O–H groups in total. The summed E-state index contributed by atoms with van der Waals surface area (Å²) in [6.45, 7) is 1.71. The molecule has 1 amide bonds. The number of likely N-dealkylation sites (tertiary alicyclic amines) is 1. The Morgan fingerprint density at radius 2 is 1.50 bits per heavy atom. The number of amides is 1. The number of nitrogens with one attached hydrogen (secondary N) is 1. The lowest BCUT2D eigenvalue weighted by Crippen LogP contribution is -2.57. The van der Waals surface area contributed by atoms with Crippen molar-refractivity contribution in [1.29, 1.82) is 0 Å². The van der Waals surface area contributed by atoms with E-state index in [9.17, 15) is 9.90 Å². The Bertz CT molecular complexity index is 424. The van der Waals surface area contributed by atoms with E-state index in [-0.39, 0.29) is 24.4 Å². The van der Waals surface area contributed by atoms with Gasteiger partial charge in [-0.25, -0.2) is 0 Å². The zero-order chi connectivity index (χ0) is 20.2. The smallest absolute Gasteiger partial charge is 0.290 e. The molecule has 1 heterocycles. The van der Waals surface area contributed by atoms with Crippen molar-refractivity contribution < 1.29 is 29.7 Å². The highest BCUT2D eigenvalue weighted by Crippen LogP contribution is 2.33. The minimum absolute atomic E-state index is 0.0808. The van der Waals surface area contributed by atoms with E-state index in [1.807, 2.05) is 7.05 Å². The minimum atomic E-state index is -1.17. The summed E-state index contributed by atoms with van der Waals surface area (Å²) in [5, 5.41) is 27.3. The number of aliphatic hydroxyl groups is 1. The number of likely N-dealkylation sites (N-methyl/N-ethyl adjacent to an activating group) is 1. The second kappa shape index (κ2) is 11.8. The summed E-state index contributed by atoms with van der Waals surface area (Å²) in [7, 11) is 6.20. The van der Waals surface area contributed by atoms with Crippen molar-refractivity contribution in [3.63, 3.8) is 0 Å². The van der Waals surface area contributed by atoms with Gasteiger partial charge in [-0.1, -0.05) is 12.8 Å². The first-order valence-electron chi connectivity index (χ1n) is 8.73. The van der Waals surface area contributed by atoms with E-state index in [0.29, 0.717) is 19.4 Å². The topological polar surface area (TPSA) is 130 Å². The molecule has 0 unspecified atom stereocenters. The highest BCUT2D eigenvalue weighted by molar-refractivity contribution is 5.85. The summed E-state index contributed by atoms with van der Waals surface area (Å²) in [6, 6.07) is 0. The molecule has 1 aliphatic carbocycles. The maximum absolute atomic E-state index is 12.3. The lowest BCUT2D eigenvalue weighted by atomic mass is 9.89. The standard InChI is InChI=1S/C15H29N3O2.2CH2O2/c1-17(2)14(6-4-5-7-14)12-16-13(19)15(20)8-10-18(3)11-9-15;2*2-1-3/h20H,4-12H2,1-3H3,(H,16,19);2*1H,(H,2,3). The summed E-state index contributed by atoms with van der Waals surface area (Å²) in [5.74, 6) is -0.182. The van der Waals surface area contributed by atoms with Crippen LogP contribution in [0.15, 0.2) is 0 Å². The maximum atomic E-state index is 12.3. The van der Waals surface area contributed by atoms with Gasteiger partial charge in [-0.3, -0.25) is 14.4 Å². The summed E-state index contributed by atoms with van der Waals surface area (Å²) >= 11 is 0. The first kappa shape index (κ1) is 24.3. The molecule has 2 rings (SSSR count). The number of hydrogen-bond acceptors (Lipinski definition) is 6. The molecule has 26 heavy (non-hydrogen) atoms. The molecule has 1 aliphatic heterocycles. The zero-order valence-corrected chi connectivity index (χ0v) is 16.0. The van der Waals surface area contributed by atoms with Gasteiger partial charge in [0.25, 0.3) is 18.9 Å². The Balaban J connectivity index is 0.000000918. The Labute approximate surface area is 155 Å². The zero-order valence-electron chi connectivity index (χ0n) is 16.0. The van der Waals surface area contributed by atoms with Gasteiger partial charge in [0.05, 0.1) is 0 Å². The highest BCUT2D eigenvalue weighted by Gasteiger charge is 2.41. The number of carboxylic acid groups (broad SMARTS) is 2. The molecule has 0 aromatic rings. The second-order valence-electron chi connectivity index (χ2n) is 7.05. The van der Waals surface area contributed by atoms with Crippen molar-refractivity contribution in [3.8, 4) is 0 Å². The summed E-state index contributed by atoms with van der Waals surface area (Å²) < 4.78 is 0. The molecule has 152 valence electrons. The van der Waals surface area contributed by atoms with Crippen molar-refractivity contribution >= 4 is 18.9 Å². The van der Waals surface area contributed by atoms with Crippen LogP contribution in [0.1, 0.15) is 38.5 Å². The lowest BCUT2D eigenvalue weighted by Gasteiger charge is -2.39. The van der Waals surface area contributed by atoms with Gasteiger partial charge >= 0.3 is 0 Å². The van der Waals surface area contributed by atoms with E-state index in [0.717, 1.165) is 25.9 Å². The molecule has 2 fully saturated rings. The summed E-state index contributed by atoms with van der Waals surface area (Å²) in [5.41, 5.74) is -1.09. The number of piperidine rings is 1. The quantitative estimate of drug-likeness (QED) is 0.499. The maximum Gasteiger partial charge on any atom is 0.290 e. The molecule has 9 nitrogen and oxygen atoms in total. The Morgan fingerprint density at radius 3 is 1.88 bits per heavy atom. The molecule has 0 atom stereocenters. The molecule has 1 saturated carbocycles. The van der Waals surface area contributed by atoms with Gasteiger partial charge in [-0.05, 0) is 46.8 Å². The molecule has 2 aliphatic rings. The van der Waals surface area contributed by atoms with Gasteiger partial charge < -0.3 is 30.4 Å². The van der Waals surface area contributed by atoms with Gasteiger partial charge in [0.2, 0.25) is 0 Å². The van der Waals surface area contributed by atoms with Crippen LogP contribution in [0, 0.1) is 0 Å². The summed E-state index contributed by atoms with van der Waals surface area (Å²) in [4.78, 5) is 33.5. The van der Waals surface area contributed by atoms with Crippen molar-refractivity contribution in [2.24, 2.45) is 0 Å². The van der Waals surface area contributed by atoms with E-state index >= 15 is 0 Å². The van der Waals surface area contributed by atoms with Crippen LogP contribution in [-0.2, 0) is 14.4 Å². The Morgan fingerprint density at radius 1 is 1.08 bits per heavy atom. The fourth-order valence-corrected chi connectivity index (χ4v) is 3.44. The van der Waals surface area contributed by atoms with Gasteiger partial charge in [0.1, 0.15) is 5.60 Å². The predicted octanol–water partition coefficient (Wildman–Crippen LogP) is -0.165. The molecule has 0 aromatic heterocycles. The number of hydrogen-bond donors (Lipinski definition) is 4. The number of carbonyl (C=O) groups excluding carboxylic acids is 1. The van der Waals surface area contributed by atoms with Crippen LogP contribution in [0.5, 0.6) is 0 Å². The van der Waals surface area contributed by atoms with Gasteiger partial charge in [-0.2, -0.15) is 0 Å². The van der Waals surface area contributed by atoms with E-state index < -0.39 is 5.60 Å². The van der Waals surface area contributed by atoms with E-state index in [2.05, 4.69) is 29.2 Å². The van der Waals surface area contributed by atoms with E-state index in [1.54, 1.807) is 0 Å². The van der Waals surface area contributed by atoms with Crippen LogP contribution in [0.4, 0.5) is 0 Å². The monoisotopic (exact) mass is 375 g/mol. The fraction of sp³-hybridized carbons (Fsp3) is 0.824. The Hall–Kier alpha value is -1.71. The van der Waals surface area contributed by atoms with Crippen LogP contribution in [0.2, 0.25) is 0 Å². The number of carbonyl (C=O) groups is 3. The Kier molecular flexibility index (Phi) is 11.0. The number of rotatable bonds is 4. The molecule has 0 radical (unpaired) electrons. The molecule has 0 bridgehead atoms. The SMILES string of the molecule is CN1CCC(O)(C(=O)NCC2(N(C)C)CCCC2)CC1.O=CO.O=CO. The van der Waals surface area contributed by atoms with Crippen LogP contribution in [-0.4, -0.2) is 95.9 Å². The largest absolute Gasteiger partial charge is 0.483 e. The summed E-state index contributed by atoms with van der Waals surface area (Å²) in [6.07, 6.45) is 5.77. The molecular formula is C17H33N3O6. The molecule has 9 heteroatoms. The third kappa shape index (κ3) is 7.27. The van der Waals surface area contributed by atoms with Gasteiger partial charge in [0, 0.05) is 25.2 Å². The third-order valence-electron chi connectivity index (χ3n) is 5.30. The lowest BCUT2D eigenvalue weighted by molar-refractivity contribution is -0.145. The highest BCUT2D eigenvalue weighted by atomic mass is 16.3. The first-order chi connectivity index (χ1) is 12.2. The van der Waals surface area contributed by atoms with Crippen molar-refractivity contribution in [1.82, 2.24) is 15.1 Å². The minimum Gasteiger partial charge on any atom is -0.483 e. The van der Waals surface area contributed by atoms with Crippen LogP contribution >= 0.6 is 0 Å². The molecular weight excluding hydrogens is 342 g/mol. The van der Waals surface area contributed by atoms with Crippen molar-refractivity contribution in [2.45, 2.75) is 49.7 Å². The normalized spacial score (nSPS) is 20.8. The van der Waals surface area contributed by atoms with Crippen LogP contribution < -0.4 is 5.32 Å². The van der Waals surface area contributed by atoms with Gasteiger partial charge in [0.15, 0.2) is 0 Å². The molecule has 1 saturated heterocycles. The average molecular weight is 375 g/mol. The third-order valence-corrected chi connectivity index (χ3v) is 5.30. The fourth-order valence-electron chi connectivity index (χ4n) is 3.44. The van der Waals surface area contributed by atoms with Crippen molar-refractivity contribution in [3.05, 3.63) is 0 Å². The van der Waals surface area contributed by atoms with E-state index in [1.165, 1.54) is 12.8 Å². The molecule has 0 aromatic carbocycles. The van der Waals surface area contributed by atoms with Crippen LogP contribution in [0.25, 0.3) is 0 Å². The van der Waals surface area contributed by atoms with E-state index in [4.69, 9.17) is 19.8 Å².